The molecular formula is C20H21N5O. The summed E-state index contributed by atoms with van der Waals surface area (Å²) in [6, 6.07) is 11.9. The van der Waals surface area contributed by atoms with Crippen LogP contribution in [0.4, 0.5) is 5.82 Å². The summed E-state index contributed by atoms with van der Waals surface area (Å²) in [6.07, 6.45) is 4.38. The van der Waals surface area contributed by atoms with E-state index in [9.17, 15) is 4.79 Å². The van der Waals surface area contributed by atoms with Crippen molar-refractivity contribution in [2.45, 2.75) is 18.8 Å². The molecule has 5 rings (SSSR count). The second kappa shape index (κ2) is 6.12. The standard InChI is InChI=1S/C20H21N5O/c26-20(16-3-4-17-15(9-16)7-8-21-17)22-10-13-11-25(12-13)19-6-5-18(23-24-19)14-1-2-14/h3-9,13-14,21H,1-2,10-12H2,(H,22,26). The fourth-order valence-electron chi connectivity index (χ4n) is 3.52. The van der Waals surface area contributed by atoms with Gasteiger partial charge in [0.25, 0.3) is 5.91 Å². The van der Waals surface area contributed by atoms with Crippen molar-refractivity contribution in [3.8, 4) is 0 Å². The number of hydrogen-bond donors (Lipinski definition) is 2. The van der Waals surface area contributed by atoms with Gasteiger partial charge < -0.3 is 15.2 Å². The molecule has 1 saturated heterocycles. The third kappa shape index (κ3) is 2.92. The normalized spacial score (nSPS) is 17.3. The SMILES string of the molecule is O=C(NCC1CN(c2ccc(C3CC3)nn2)C1)c1ccc2[nH]ccc2c1. The third-order valence-corrected chi connectivity index (χ3v) is 5.31. The number of nitrogens with zero attached hydrogens (tertiary/aromatic N) is 3. The van der Waals surface area contributed by atoms with E-state index < -0.39 is 0 Å². The summed E-state index contributed by atoms with van der Waals surface area (Å²) < 4.78 is 0. The van der Waals surface area contributed by atoms with Gasteiger partial charge in [-0.25, -0.2) is 0 Å². The van der Waals surface area contributed by atoms with Crippen molar-refractivity contribution in [2.75, 3.05) is 24.5 Å². The van der Waals surface area contributed by atoms with E-state index >= 15 is 0 Å². The molecule has 6 nitrogen and oxygen atoms in total. The van der Waals surface area contributed by atoms with E-state index in [-0.39, 0.29) is 5.91 Å². The highest BCUT2D eigenvalue weighted by Crippen LogP contribution is 2.38. The zero-order chi connectivity index (χ0) is 17.5. The molecule has 0 unspecified atom stereocenters. The molecule has 1 aliphatic heterocycles. The van der Waals surface area contributed by atoms with E-state index in [4.69, 9.17) is 0 Å². The number of aromatic nitrogens is 3. The molecule has 3 aromatic rings. The van der Waals surface area contributed by atoms with Crippen molar-refractivity contribution in [3.05, 3.63) is 53.9 Å². The second-order valence-corrected chi connectivity index (χ2v) is 7.35. The summed E-state index contributed by atoms with van der Waals surface area (Å²) >= 11 is 0. The molecule has 2 aliphatic rings. The van der Waals surface area contributed by atoms with Gasteiger partial charge in [0.05, 0.1) is 5.69 Å². The molecule has 132 valence electrons. The van der Waals surface area contributed by atoms with Gasteiger partial charge in [-0.3, -0.25) is 4.79 Å². The molecule has 1 aromatic carbocycles. The maximum Gasteiger partial charge on any atom is 0.251 e. The average molecular weight is 347 g/mol. The molecule has 6 heteroatoms. The minimum Gasteiger partial charge on any atom is -0.361 e. The summed E-state index contributed by atoms with van der Waals surface area (Å²) in [5.41, 5.74) is 2.87. The fraction of sp³-hybridized carbons (Fsp3) is 0.350. The fourth-order valence-corrected chi connectivity index (χ4v) is 3.52. The molecular weight excluding hydrogens is 326 g/mol. The largest absolute Gasteiger partial charge is 0.361 e. The molecule has 2 fully saturated rings. The number of aromatic amines is 1. The van der Waals surface area contributed by atoms with Crippen LogP contribution in [0.3, 0.4) is 0 Å². The van der Waals surface area contributed by atoms with Gasteiger partial charge in [-0.05, 0) is 49.2 Å². The van der Waals surface area contributed by atoms with E-state index in [1.807, 2.05) is 30.5 Å². The number of hydrogen-bond acceptors (Lipinski definition) is 4. The zero-order valence-electron chi connectivity index (χ0n) is 14.5. The molecule has 0 bridgehead atoms. The minimum absolute atomic E-state index is 0.0138. The predicted molar refractivity (Wildman–Crippen MR) is 100 cm³/mol. The molecule has 1 aliphatic carbocycles. The Morgan fingerprint density at radius 2 is 2.04 bits per heavy atom. The molecule has 2 aromatic heterocycles. The first kappa shape index (κ1) is 15.4. The van der Waals surface area contributed by atoms with Crippen LogP contribution < -0.4 is 10.2 Å². The number of nitrogens with one attached hydrogen (secondary N) is 2. The van der Waals surface area contributed by atoms with Gasteiger partial charge in [-0.1, -0.05) is 0 Å². The van der Waals surface area contributed by atoms with Gasteiger partial charge >= 0.3 is 0 Å². The Morgan fingerprint density at radius 3 is 2.81 bits per heavy atom. The third-order valence-electron chi connectivity index (χ3n) is 5.31. The molecule has 0 atom stereocenters. The van der Waals surface area contributed by atoms with Crippen molar-refractivity contribution < 1.29 is 4.79 Å². The van der Waals surface area contributed by atoms with Crippen LogP contribution in [0.1, 0.15) is 34.8 Å². The quantitative estimate of drug-likeness (QED) is 0.744. The number of amides is 1. The lowest BCUT2D eigenvalue weighted by atomic mass is 10.00. The molecule has 1 amide bonds. The van der Waals surface area contributed by atoms with E-state index in [0.717, 1.165) is 35.5 Å². The Labute approximate surface area is 151 Å². The summed E-state index contributed by atoms with van der Waals surface area (Å²) in [4.78, 5) is 17.7. The van der Waals surface area contributed by atoms with E-state index in [0.29, 0.717) is 23.9 Å². The molecule has 1 saturated carbocycles. The van der Waals surface area contributed by atoms with Crippen LogP contribution in [0.15, 0.2) is 42.6 Å². The first-order chi connectivity index (χ1) is 12.8. The van der Waals surface area contributed by atoms with Crippen LogP contribution in [0, 0.1) is 5.92 Å². The number of rotatable bonds is 5. The Morgan fingerprint density at radius 1 is 1.15 bits per heavy atom. The molecule has 0 spiro atoms. The number of H-pyrrole nitrogens is 1. The Hall–Kier alpha value is -2.89. The highest BCUT2D eigenvalue weighted by atomic mass is 16.1. The van der Waals surface area contributed by atoms with Gasteiger partial charge in [0.2, 0.25) is 0 Å². The summed E-state index contributed by atoms with van der Waals surface area (Å²) in [5, 5.41) is 12.8. The Balaban J connectivity index is 1.13. The summed E-state index contributed by atoms with van der Waals surface area (Å²) in [6.45, 7) is 2.51. The van der Waals surface area contributed by atoms with E-state index in [1.165, 1.54) is 12.8 Å². The molecule has 2 N–H and O–H groups in total. The van der Waals surface area contributed by atoms with Crippen molar-refractivity contribution in [1.82, 2.24) is 20.5 Å². The first-order valence-corrected chi connectivity index (χ1v) is 9.20. The average Bonchev–Trinajstić information content (AvgIpc) is 3.37. The Bertz CT molecular complexity index is 938. The monoisotopic (exact) mass is 347 g/mol. The Kier molecular flexibility index (Phi) is 3.62. The van der Waals surface area contributed by atoms with Crippen molar-refractivity contribution in [1.29, 1.82) is 0 Å². The van der Waals surface area contributed by atoms with Crippen LogP contribution in [0.25, 0.3) is 10.9 Å². The number of carbonyl (C=O) groups excluding carboxylic acids is 1. The zero-order valence-corrected chi connectivity index (χ0v) is 14.5. The second-order valence-electron chi connectivity index (χ2n) is 7.35. The van der Waals surface area contributed by atoms with Crippen LogP contribution in [-0.4, -0.2) is 40.7 Å². The maximum absolute atomic E-state index is 12.4. The summed E-state index contributed by atoms with van der Waals surface area (Å²) in [5.74, 6) is 2.02. The maximum atomic E-state index is 12.4. The van der Waals surface area contributed by atoms with Gasteiger partial charge in [0.1, 0.15) is 0 Å². The van der Waals surface area contributed by atoms with Gasteiger partial charge in [-0.2, -0.15) is 5.10 Å². The molecule has 3 heterocycles. The highest BCUT2D eigenvalue weighted by Gasteiger charge is 2.29. The van der Waals surface area contributed by atoms with Crippen LogP contribution >= 0.6 is 0 Å². The number of anilines is 1. The molecule has 0 radical (unpaired) electrons. The van der Waals surface area contributed by atoms with Crippen LogP contribution in [0.5, 0.6) is 0 Å². The lowest BCUT2D eigenvalue weighted by Crippen LogP contribution is -2.51. The topological polar surface area (TPSA) is 73.9 Å². The summed E-state index contributed by atoms with van der Waals surface area (Å²) in [7, 11) is 0. The van der Waals surface area contributed by atoms with Crippen molar-refractivity contribution in [2.24, 2.45) is 5.92 Å². The molecule has 26 heavy (non-hydrogen) atoms. The van der Waals surface area contributed by atoms with Crippen molar-refractivity contribution >= 4 is 22.6 Å². The number of fused-ring (bicyclic) bond motifs is 1. The predicted octanol–water partition coefficient (Wildman–Crippen LogP) is 2.70. The first-order valence-electron chi connectivity index (χ1n) is 9.20. The van der Waals surface area contributed by atoms with E-state index in [1.54, 1.807) is 0 Å². The van der Waals surface area contributed by atoms with E-state index in [2.05, 4.69) is 37.5 Å². The minimum atomic E-state index is -0.0138. The van der Waals surface area contributed by atoms with Crippen LogP contribution in [0.2, 0.25) is 0 Å². The lowest BCUT2D eigenvalue weighted by Gasteiger charge is -2.39. The highest BCUT2D eigenvalue weighted by molar-refractivity contribution is 5.98. The van der Waals surface area contributed by atoms with Gasteiger partial charge in [0, 0.05) is 54.1 Å². The van der Waals surface area contributed by atoms with Gasteiger partial charge in [-0.15, -0.1) is 5.10 Å². The smallest absolute Gasteiger partial charge is 0.251 e. The van der Waals surface area contributed by atoms with Crippen molar-refractivity contribution in [3.63, 3.8) is 0 Å². The van der Waals surface area contributed by atoms with Gasteiger partial charge in [0.15, 0.2) is 5.82 Å². The number of carbonyl (C=O) groups is 1. The number of benzene rings is 1. The lowest BCUT2D eigenvalue weighted by molar-refractivity contribution is 0.0944. The van der Waals surface area contributed by atoms with Crippen LogP contribution in [-0.2, 0) is 0 Å².